The van der Waals surface area contributed by atoms with Crippen LogP contribution in [0.25, 0.3) is 0 Å². The zero-order valence-corrected chi connectivity index (χ0v) is 12.5. The van der Waals surface area contributed by atoms with Crippen LogP contribution in [0.2, 0.25) is 0 Å². The van der Waals surface area contributed by atoms with E-state index < -0.39 is 41.3 Å². The first-order valence-corrected chi connectivity index (χ1v) is 6.82. The van der Waals surface area contributed by atoms with Gasteiger partial charge in [-0.25, -0.2) is 13.6 Å². The molecule has 132 valence electrons. The topological polar surface area (TPSA) is 46.5 Å². The SMILES string of the molecule is C=C(Cc1ccc(Oc2ccc(F)c(F)c2)cc1C(F)(F)F)C(=O)O. The summed E-state index contributed by atoms with van der Waals surface area (Å²) in [5.41, 5.74) is -1.80. The minimum atomic E-state index is -4.76. The first-order chi connectivity index (χ1) is 11.6. The number of hydrogen-bond donors (Lipinski definition) is 1. The van der Waals surface area contributed by atoms with E-state index in [1.54, 1.807) is 0 Å². The summed E-state index contributed by atoms with van der Waals surface area (Å²) in [6, 6.07) is 5.41. The monoisotopic (exact) mass is 358 g/mol. The number of halogens is 5. The van der Waals surface area contributed by atoms with Gasteiger partial charge in [0.1, 0.15) is 11.5 Å². The van der Waals surface area contributed by atoms with E-state index in [9.17, 15) is 26.7 Å². The van der Waals surface area contributed by atoms with E-state index in [1.807, 2.05) is 0 Å². The van der Waals surface area contributed by atoms with Gasteiger partial charge in [-0.05, 0) is 29.8 Å². The third-order valence-corrected chi connectivity index (χ3v) is 3.22. The lowest BCUT2D eigenvalue weighted by Gasteiger charge is -2.15. The van der Waals surface area contributed by atoms with Gasteiger partial charge in [0.25, 0.3) is 0 Å². The molecular weight excluding hydrogens is 347 g/mol. The summed E-state index contributed by atoms with van der Waals surface area (Å²) in [6.07, 6.45) is -5.27. The van der Waals surface area contributed by atoms with Crippen LogP contribution in [-0.2, 0) is 17.4 Å². The van der Waals surface area contributed by atoms with Crippen molar-refractivity contribution in [1.29, 1.82) is 0 Å². The van der Waals surface area contributed by atoms with E-state index in [-0.39, 0.29) is 17.1 Å². The molecule has 2 rings (SSSR count). The van der Waals surface area contributed by atoms with Crippen LogP contribution in [0.3, 0.4) is 0 Å². The number of aliphatic carboxylic acids is 1. The van der Waals surface area contributed by atoms with Crippen molar-refractivity contribution in [3.05, 3.63) is 71.3 Å². The highest BCUT2D eigenvalue weighted by Crippen LogP contribution is 2.36. The molecule has 0 unspecified atom stereocenters. The number of carboxylic acids is 1. The first-order valence-electron chi connectivity index (χ1n) is 6.82. The highest BCUT2D eigenvalue weighted by atomic mass is 19.4. The Morgan fingerprint density at radius 2 is 1.64 bits per heavy atom. The van der Waals surface area contributed by atoms with Gasteiger partial charge in [-0.1, -0.05) is 12.6 Å². The van der Waals surface area contributed by atoms with Crippen molar-refractivity contribution < 1.29 is 36.6 Å². The van der Waals surface area contributed by atoms with Crippen LogP contribution in [0.1, 0.15) is 11.1 Å². The molecule has 0 spiro atoms. The zero-order chi connectivity index (χ0) is 18.8. The minimum Gasteiger partial charge on any atom is -0.478 e. The molecule has 2 aromatic rings. The number of carbonyl (C=O) groups is 1. The van der Waals surface area contributed by atoms with Gasteiger partial charge in [0.15, 0.2) is 11.6 Å². The van der Waals surface area contributed by atoms with E-state index in [4.69, 9.17) is 9.84 Å². The zero-order valence-electron chi connectivity index (χ0n) is 12.5. The maximum absolute atomic E-state index is 13.2. The van der Waals surface area contributed by atoms with Gasteiger partial charge in [-0.2, -0.15) is 13.2 Å². The van der Waals surface area contributed by atoms with Crippen LogP contribution in [0.4, 0.5) is 22.0 Å². The fraction of sp³-hybridized carbons (Fsp3) is 0.118. The highest BCUT2D eigenvalue weighted by Gasteiger charge is 2.34. The number of rotatable bonds is 5. The Labute approximate surface area is 139 Å². The average Bonchev–Trinajstić information content (AvgIpc) is 2.51. The van der Waals surface area contributed by atoms with Crippen molar-refractivity contribution in [2.24, 2.45) is 0 Å². The second-order valence-corrected chi connectivity index (χ2v) is 5.08. The maximum Gasteiger partial charge on any atom is 0.416 e. The third-order valence-electron chi connectivity index (χ3n) is 3.22. The molecule has 0 aliphatic carbocycles. The quantitative estimate of drug-likeness (QED) is 0.607. The summed E-state index contributed by atoms with van der Waals surface area (Å²) < 4.78 is 70.7. The summed E-state index contributed by atoms with van der Waals surface area (Å²) >= 11 is 0. The average molecular weight is 358 g/mol. The van der Waals surface area contributed by atoms with Crippen molar-refractivity contribution in [1.82, 2.24) is 0 Å². The molecule has 0 saturated carbocycles. The lowest BCUT2D eigenvalue weighted by molar-refractivity contribution is -0.138. The standard InChI is InChI=1S/C17H11F5O3/c1-9(16(23)24)6-10-2-3-11(7-13(10)17(20,21)22)25-12-4-5-14(18)15(19)8-12/h2-5,7-8H,1,6H2,(H,23,24). The predicted octanol–water partition coefficient (Wildman–Crippen LogP) is 4.96. The Bertz CT molecular complexity index is 828. The molecule has 0 radical (unpaired) electrons. The van der Waals surface area contributed by atoms with Crippen LogP contribution in [0.15, 0.2) is 48.6 Å². The Balaban J connectivity index is 2.36. The van der Waals surface area contributed by atoms with Gasteiger partial charge in [0.2, 0.25) is 0 Å². The third kappa shape index (κ3) is 4.56. The lowest BCUT2D eigenvalue weighted by Crippen LogP contribution is -2.12. The van der Waals surface area contributed by atoms with Crippen LogP contribution < -0.4 is 4.74 Å². The molecule has 1 N–H and O–H groups in total. The van der Waals surface area contributed by atoms with Gasteiger partial charge >= 0.3 is 12.1 Å². The largest absolute Gasteiger partial charge is 0.478 e. The molecule has 0 fully saturated rings. The van der Waals surface area contributed by atoms with E-state index in [0.29, 0.717) is 12.1 Å². The summed E-state index contributed by atoms with van der Waals surface area (Å²) in [5, 5.41) is 8.76. The fourth-order valence-corrected chi connectivity index (χ4v) is 2.02. The predicted molar refractivity (Wildman–Crippen MR) is 78.4 cm³/mol. The van der Waals surface area contributed by atoms with Crippen molar-refractivity contribution in [3.8, 4) is 11.5 Å². The second kappa shape index (κ2) is 6.92. The highest BCUT2D eigenvalue weighted by molar-refractivity contribution is 5.86. The number of alkyl halides is 3. The van der Waals surface area contributed by atoms with Gasteiger partial charge in [0, 0.05) is 18.1 Å². The first kappa shape index (κ1) is 18.4. The van der Waals surface area contributed by atoms with Gasteiger partial charge in [-0.15, -0.1) is 0 Å². The Hall–Kier alpha value is -2.90. The van der Waals surface area contributed by atoms with Crippen LogP contribution in [-0.4, -0.2) is 11.1 Å². The molecule has 0 saturated heterocycles. The molecule has 3 nitrogen and oxygen atoms in total. The number of ether oxygens (including phenoxy) is 1. The Morgan fingerprint density at radius 3 is 2.20 bits per heavy atom. The summed E-state index contributed by atoms with van der Waals surface area (Å²) in [6.45, 7) is 3.21. The van der Waals surface area contributed by atoms with Gasteiger partial charge in [-0.3, -0.25) is 0 Å². The molecule has 2 aromatic carbocycles. The molecule has 8 heteroatoms. The summed E-state index contributed by atoms with van der Waals surface area (Å²) in [5.74, 6) is -4.18. The molecule has 0 aromatic heterocycles. The molecular formula is C17H11F5O3. The number of hydrogen-bond acceptors (Lipinski definition) is 2. The normalized spacial score (nSPS) is 11.2. The maximum atomic E-state index is 13.2. The summed E-state index contributed by atoms with van der Waals surface area (Å²) in [7, 11) is 0. The van der Waals surface area contributed by atoms with Crippen LogP contribution in [0, 0.1) is 11.6 Å². The molecule has 0 heterocycles. The molecule has 0 aliphatic rings. The van der Waals surface area contributed by atoms with E-state index in [1.165, 1.54) is 6.07 Å². The number of benzene rings is 2. The fourth-order valence-electron chi connectivity index (χ4n) is 2.02. The molecule has 25 heavy (non-hydrogen) atoms. The molecule has 0 bridgehead atoms. The molecule has 0 atom stereocenters. The van der Waals surface area contributed by atoms with Gasteiger partial charge in [0.05, 0.1) is 5.56 Å². The Morgan fingerprint density at radius 1 is 1.04 bits per heavy atom. The molecule has 0 amide bonds. The van der Waals surface area contributed by atoms with Gasteiger partial charge < -0.3 is 9.84 Å². The second-order valence-electron chi connectivity index (χ2n) is 5.08. The smallest absolute Gasteiger partial charge is 0.416 e. The van der Waals surface area contributed by atoms with Crippen molar-refractivity contribution in [2.45, 2.75) is 12.6 Å². The van der Waals surface area contributed by atoms with E-state index in [2.05, 4.69) is 6.58 Å². The van der Waals surface area contributed by atoms with Crippen molar-refractivity contribution in [3.63, 3.8) is 0 Å². The Kier molecular flexibility index (Phi) is 5.10. The van der Waals surface area contributed by atoms with E-state index >= 15 is 0 Å². The van der Waals surface area contributed by atoms with Crippen LogP contribution in [0.5, 0.6) is 11.5 Å². The van der Waals surface area contributed by atoms with E-state index in [0.717, 1.165) is 18.2 Å². The minimum absolute atomic E-state index is 0.185. The summed E-state index contributed by atoms with van der Waals surface area (Å²) in [4.78, 5) is 10.8. The molecule has 0 aliphatic heterocycles. The number of carboxylic acid groups (broad SMARTS) is 1. The van der Waals surface area contributed by atoms with Crippen molar-refractivity contribution in [2.75, 3.05) is 0 Å². The van der Waals surface area contributed by atoms with Crippen LogP contribution >= 0.6 is 0 Å². The lowest BCUT2D eigenvalue weighted by atomic mass is 10.00. The van der Waals surface area contributed by atoms with Crippen molar-refractivity contribution >= 4 is 5.97 Å².